The van der Waals surface area contributed by atoms with Gasteiger partial charge in [-0.2, -0.15) is 0 Å². The highest BCUT2D eigenvalue weighted by Crippen LogP contribution is 2.25. The van der Waals surface area contributed by atoms with Crippen molar-refractivity contribution in [2.24, 2.45) is 5.92 Å². The number of esters is 1. The standard InChI is InChI=1S/C9H14O3/c1-3-6(2)4-7-5-8(10)12-9(7)11/h7-8,10H,2-5H2,1H3/t7-,8?/m0/s1. The van der Waals surface area contributed by atoms with E-state index in [-0.39, 0.29) is 11.9 Å². The molecule has 1 heterocycles. The molecule has 0 amide bonds. The van der Waals surface area contributed by atoms with Crippen LogP contribution in [0.2, 0.25) is 0 Å². The molecule has 1 N–H and O–H groups in total. The second-order valence-electron chi connectivity index (χ2n) is 3.13. The number of carbonyl (C=O) groups is 1. The fourth-order valence-corrected chi connectivity index (χ4v) is 1.28. The summed E-state index contributed by atoms with van der Waals surface area (Å²) in [4.78, 5) is 11.0. The molecule has 0 radical (unpaired) electrons. The average Bonchev–Trinajstić information content (AvgIpc) is 2.30. The molecule has 1 rings (SSSR count). The average molecular weight is 170 g/mol. The fraction of sp³-hybridized carbons (Fsp3) is 0.667. The lowest BCUT2D eigenvalue weighted by Gasteiger charge is -2.04. The summed E-state index contributed by atoms with van der Waals surface area (Å²) in [6, 6.07) is 0. The van der Waals surface area contributed by atoms with Crippen LogP contribution in [0.5, 0.6) is 0 Å². The number of cyclic esters (lactones) is 1. The van der Waals surface area contributed by atoms with Crippen LogP contribution in [0.15, 0.2) is 12.2 Å². The van der Waals surface area contributed by atoms with Gasteiger partial charge in [0.25, 0.3) is 0 Å². The number of allylic oxidation sites excluding steroid dienone is 1. The molecular formula is C9H14O3. The summed E-state index contributed by atoms with van der Waals surface area (Å²) in [5.41, 5.74) is 1.03. The van der Waals surface area contributed by atoms with Gasteiger partial charge in [-0.1, -0.05) is 19.1 Å². The van der Waals surface area contributed by atoms with E-state index in [2.05, 4.69) is 11.3 Å². The van der Waals surface area contributed by atoms with Crippen LogP contribution in [-0.2, 0) is 9.53 Å². The van der Waals surface area contributed by atoms with E-state index in [0.717, 1.165) is 12.0 Å². The van der Waals surface area contributed by atoms with Gasteiger partial charge in [-0.15, -0.1) is 0 Å². The molecule has 1 aliphatic heterocycles. The molecule has 3 heteroatoms. The van der Waals surface area contributed by atoms with Crippen molar-refractivity contribution in [3.05, 3.63) is 12.2 Å². The monoisotopic (exact) mass is 170 g/mol. The summed E-state index contributed by atoms with van der Waals surface area (Å²) >= 11 is 0. The zero-order valence-corrected chi connectivity index (χ0v) is 7.25. The molecule has 1 fully saturated rings. The predicted molar refractivity (Wildman–Crippen MR) is 44.3 cm³/mol. The van der Waals surface area contributed by atoms with Crippen molar-refractivity contribution in [3.8, 4) is 0 Å². The smallest absolute Gasteiger partial charge is 0.311 e. The Morgan fingerprint density at radius 3 is 2.92 bits per heavy atom. The second kappa shape index (κ2) is 3.72. The van der Waals surface area contributed by atoms with Crippen LogP contribution in [0.4, 0.5) is 0 Å². The Balaban J connectivity index is 2.43. The number of aliphatic hydroxyl groups is 1. The van der Waals surface area contributed by atoms with Gasteiger partial charge in [0, 0.05) is 6.42 Å². The summed E-state index contributed by atoms with van der Waals surface area (Å²) in [5, 5.41) is 8.98. The molecule has 0 aromatic rings. The SMILES string of the molecule is C=C(CC)C[C@H]1CC(O)OC1=O. The summed E-state index contributed by atoms with van der Waals surface area (Å²) in [6.07, 6.45) is 1.04. The predicted octanol–water partition coefficient (Wildman–Crippen LogP) is 1.22. The Morgan fingerprint density at radius 1 is 1.83 bits per heavy atom. The van der Waals surface area contributed by atoms with Crippen molar-refractivity contribution >= 4 is 5.97 Å². The first kappa shape index (κ1) is 9.26. The Morgan fingerprint density at radius 2 is 2.50 bits per heavy atom. The summed E-state index contributed by atoms with van der Waals surface area (Å²) in [5.74, 6) is -0.468. The third-order valence-corrected chi connectivity index (χ3v) is 2.11. The van der Waals surface area contributed by atoms with Gasteiger partial charge in [-0.3, -0.25) is 4.79 Å². The van der Waals surface area contributed by atoms with Crippen LogP contribution in [0.1, 0.15) is 26.2 Å². The fourth-order valence-electron chi connectivity index (χ4n) is 1.28. The van der Waals surface area contributed by atoms with Crippen LogP contribution in [-0.4, -0.2) is 17.4 Å². The third-order valence-electron chi connectivity index (χ3n) is 2.11. The van der Waals surface area contributed by atoms with Crippen molar-refractivity contribution in [2.75, 3.05) is 0 Å². The zero-order valence-electron chi connectivity index (χ0n) is 7.25. The van der Waals surface area contributed by atoms with Crippen LogP contribution < -0.4 is 0 Å². The van der Waals surface area contributed by atoms with Gasteiger partial charge < -0.3 is 9.84 Å². The lowest BCUT2D eigenvalue weighted by Crippen LogP contribution is -2.07. The topological polar surface area (TPSA) is 46.5 Å². The number of hydrogen-bond donors (Lipinski definition) is 1. The molecule has 1 aliphatic rings. The van der Waals surface area contributed by atoms with Crippen molar-refractivity contribution in [1.82, 2.24) is 0 Å². The van der Waals surface area contributed by atoms with Gasteiger partial charge in [-0.05, 0) is 12.8 Å². The van der Waals surface area contributed by atoms with E-state index in [9.17, 15) is 4.79 Å². The van der Waals surface area contributed by atoms with Crippen molar-refractivity contribution in [1.29, 1.82) is 0 Å². The van der Waals surface area contributed by atoms with Gasteiger partial charge in [0.15, 0.2) is 0 Å². The number of ether oxygens (including phenoxy) is 1. The molecule has 0 aromatic heterocycles. The molecular weight excluding hydrogens is 156 g/mol. The Hall–Kier alpha value is -0.830. The van der Waals surface area contributed by atoms with E-state index in [0.29, 0.717) is 12.8 Å². The summed E-state index contributed by atoms with van der Waals surface area (Å²) in [6.45, 7) is 5.81. The molecule has 0 aliphatic carbocycles. The van der Waals surface area contributed by atoms with E-state index in [1.165, 1.54) is 0 Å². The van der Waals surface area contributed by atoms with Crippen LogP contribution in [0.25, 0.3) is 0 Å². The highest BCUT2D eigenvalue weighted by Gasteiger charge is 2.32. The molecule has 0 aromatic carbocycles. The maximum absolute atomic E-state index is 11.0. The molecule has 3 nitrogen and oxygen atoms in total. The minimum absolute atomic E-state index is 0.174. The highest BCUT2D eigenvalue weighted by molar-refractivity contribution is 5.74. The van der Waals surface area contributed by atoms with Gasteiger partial charge in [0.2, 0.25) is 6.29 Å². The molecule has 0 spiro atoms. The third kappa shape index (κ3) is 2.08. The highest BCUT2D eigenvalue weighted by atomic mass is 16.6. The van der Waals surface area contributed by atoms with E-state index in [4.69, 9.17) is 5.11 Å². The minimum atomic E-state index is -0.896. The zero-order chi connectivity index (χ0) is 9.14. The van der Waals surface area contributed by atoms with Gasteiger partial charge >= 0.3 is 5.97 Å². The van der Waals surface area contributed by atoms with E-state index < -0.39 is 6.29 Å². The Labute approximate surface area is 72.0 Å². The molecule has 68 valence electrons. The molecule has 12 heavy (non-hydrogen) atoms. The van der Waals surface area contributed by atoms with Gasteiger partial charge in [0.05, 0.1) is 5.92 Å². The van der Waals surface area contributed by atoms with Gasteiger partial charge in [0.1, 0.15) is 0 Å². The quantitative estimate of drug-likeness (QED) is 0.511. The number of hydrogen-bond acceptors (Lipinski definition) is 3. The lowest BCUT2D eigenvalue weighted by molar-refractivity contribution is -0.155. The van der Waals surface area contributed by atoms with Crippen LogP contribution in [0.3, 0.4) is 0 Å². The Kier molecular flexibility index (Phi) is 2.87. The van der Waals surface area contributed by atoms with Crippen molar-refractivity contribution in [2.45, 2.75) is 32.5 Å². The Bertz CT molecular complexity index is 198. The molecule has 1 unspecified atom stereocenters. The van der Waals surface area contributed by atoms with Crippen LogP contribution >= 0.6 is 0 Å². The first-order valence-corrected chi connectivity index (χ1v) is 4.18. The van der Waals surface area contributed by atoms with Crippen LogP contribution in [0, 0.1) is 5.92 Å². The largest absolute Gasteiger partial charge is 0.436 e. The number of rotatable bonds is 3. The molecule has 1 saturated heterocycles. The molecule has 2 atom stereocenters. The first-order valence-electron chi connectivity index (χ1n) is 4.18. The van der Waals surface area contributed by atoms with E-state index in [1.807, 2.05) is 6.92 Å². The normalized spacial score (nSPS) is 28.7. The van der Waals surface area contributed by atoms with E-state index >= 15 is 0 Å². The lowest BCUT2D eigenvalue weighted by atomic mass is 9.97. The molecule has 0 bridgehead atoms. The maximum atomic E-state index is 11.0. The second-order valence-corrected chi connectivity index (χ2v) is 3.13. The maximum Gasteiger partial charge on any atom is 0.311 e. The van der Waals surface area contributed by atoms with E-state index in [1.54, 1.807) is 0 Å². The summed E-state index contributed by atoms with van der Waals surface area (Å²) in [7, 11) is 0. The first-order chi connectivity index (χ1) is 5.63. The van der Waals surface area contributed by atoms with Crippen molar-refractivity contribution in [3.63, 3.8) is 0 Å². The number of carbonyl (C=O) groups excluding carboxylic acids is 1. The van der Waals surface area contributed by atoms with Gasteiger partial charge in [-0.25, -0.2) is 0 Å². The summed E-state index contributed by atoms with van der Waals surface area (Å²) < 4.78 is 4.59. The molecule has 0 saturated carbocycles. The van der Waals surface area contributed by atoms with Crippen molar-refractivity contribution < 1.29 is 14.6 Å². The number of aliphatic hydroxyl groups excluding tert-OH is 1. The minimum Gasteiger partial charge on any atom is -0.436 e.